The maximum atomic E-state index is 12.4. The molecule has 116 valence electrons. The number of aromatic nitrogens is 2. The Morgan fingerprint density at radius 3 is 2.82 bits per heavy atom. The molecule has 7 heteroatoms. The number of amides is 1. The van der Waals surface area contributed by atoms with Crippen LogP contribution in [0.15, 0.2) is 39.3 Å². The maximum Gasteiger partial charge on any atom is 0.263 e. The summed E-state index contributed by atoms with van der Waals surface area (Å²) in [6.07, 6.45) is 4.93. The van der Waals surface area contributed by atoms with E-state index in [1.54, 1.807) is 10.9 Å². The van der Waals surface area contributed by atoms with E-state index in [0.29, 0.717) is 12.5 Å². The summed E-state index contributed by atoms with van der Waals surface area (Å²) in [5.74, 6) is 0.522. The summed E-state index contributed by atoms with van der Waals surface area (Å²) in [6.45, 7) is 2.17. The smallest absolute Gasteiger partial charge is 0.263 e. The number of hydrogen-bond acceptors (Lipinski definition) is 4. The Balaban J connectivity index is 1.57. The average molecular weight is 382 g/mol. The highest BCUT2D eigenvalue weighted by Crippen LogP contribution is 2.24. The van der Waals surface area contributed by atoms with Crippen molar-refractivity contribution in [2.75, 3.05) is 13.1 Å². The van der Waals surface area contributed by atoms with Crippen molar-refractivity contribution in [3.63, 3.8) is 0 Å². The van der Waals surface area contributed by atoms with Crippen LogP contribution in [0.5, 0.6) is 0 Å². The van der Waals surface area contributed by atoms with E-state index in [2.05, 4.69) is 20.9 Å². The molecule has 1 aliphatic heterocycles. The second kappa shape index (κ2) is 6.75. The molecule has 0 unspecified atom stereocenters. The molecule has 3 rings (SSSR count). The van der Waals surface area contributed by atoms with Gasteiger partial charge in [-0.15, -0.1) is 11.3 Å². The van der Waals surface area contributed by atoms with Gasteiger partial charge in [0.25, 0.3) is 11.5 Å². The predicted molar refractivity (Wildman–Crippen MR) is 89.1 cm³/mol. The van der Waals surface area contributed by atoms with E-state index in [9.17, 15) is 9.59 Å². The van der Waals surface area contributed by atoms with E-state index in [1.807, 2.05) is 16.3 Å². The van der Waals surface area contributed by atoms with Gasteiger partial charge < -0.3 is 4.90 Å². The summed E-state index contributed by atoms with van der Waals surface area (Å²) in [4.78, 5) is 30.8. The molecule has 0 N–H and O–H groups in total. The lowest BCUT2D eigenvalue weighted by Gasteiger charge is -2.31. The van der Waals surface area contributed by atoms with Crippen LogP contribution in [0.1, 0.15) is 22.5 Å². The third-order valence-electron chi connectivity index (χ3n) is 3.93. The molecular weight excluding hydrogens is 366 g/mol. The molecule has 0 radical (unpaired) electrons. The van der Waals surface area contributed by atoms with E-state index in [1.165, 1.54) is 23.6 Å². The summed E-state index contributed by atoms with van der Waals surface area (Å²) in [7, 11) is 0. The summed E-state index contributed by atoms with van der Waals surface area (Å²) in [6, 6.07) is 3.35. The highest BCUT2D eigenvalue weighted by Gasteiger charge is 2.24. The number of nitrogens with zero attached hydrogens (tertiary/aromatic N) is 3. The Labute approximate surface area is 140 Å². The van der Waals surface area contributed by atoms with Crippen LogP contribution < -0.4 is 5.56 Å². The number of carbonyl (C=O) groups excluding carboxylic acids is 1. The Hall–Kier alpha value is -1.47. The van der Waals surface area contributed by atoms with Crippen LogP contribution in [-0.4, -0.2) is 33.4 Å². The first-order valence-electron chi connectivity index (χ1n) is 7.17. The van der Waals surface area contributed by atoms with Crippen LogP contribution in [0.3, 0.4) is 0 Å². The standard InChI is InChI=1S/C15H16BrN3O2S/c16-12-7-13(22-9-12)15(21)18-5-2-11(3-6-18)8-19-10-17-4-1-14(19)20/h1,4,7,9-11H,2-3,5-6,8H2. The average Bonchev–Trinajstić information content (AvgIpc) is 2.96. The van der Waals surface area contributed by atoms with E-state index in [4.69, 9.17) is 0 Å². The van der Waals surface area contributed by atoms with Gasteiger partial charge in [0, 0.05) is 41.8 Å². The minimum Gasteiger partial charge on any atom is -0.338 e. The van der Waals surface area contributed by atoms with Crippen LogP contribution >= 0.6 is 27.3 Å². The molecule has 22 heavy (non-hydrogen) atoms. The minimum absolute atomic E-state index is 0.0167. The zero-order valence-corrected chi connectivity index (χ0v) is 14.3. The normalized spacial score (nSPS) is 16.0. The van der Waals surface area contributed by atoms with Gasteiger partial charge in [-0.2, -0.15) is 0 Å². The van der Waals surface area contributed by atoms with Gasteiger partial charge in [0.05, 0.1) is 11.2 Å². The Bertz CT molecular complexity index is 719. The fourth-order valence-electron chi connectivity index (χ4n) is 2.69. The monoisotopic (exact) mass is 381 g/mol. The lowest BCUT2D eigenvalue weighted by Crippen LogP contribution is -2.39. The Morgan fingerprint density at radius 1 is 1.41 bits per heavy atom. The number of piperidine rings is 1. The van der Waals surface area contributed by atoms with Crippen LogP contribution in [0, 0.1) is 5.92 Å². The van der Waals surface area contributed by atoms with Gasteiger partial charge in [-0.25, -0.2) is 4.98 Å². The zero-order valence-electron chi connectivity index (χ0n) is 11.9. The van der Waals surface area contributed by atoms with Crippen molar-refractivity contribution in [2.45, 2.75) is 19.4 Å². The number of rotatable bonds is 3. The predicted octanol–water partition coefficient (Wildman–Crippen LogP) is 2.62. The van der Waals surface area contributed by atoms with Crippen molar-refractivity contribution in [2.24, 2.45) is 5.92 Å². The molecule has 2 aromatic rings. The second-order valence-corrected chi connectivity index (χ2v) is 7.26. The molecular formula is C15H16BrN3O2S. The molecule has 0 bridgehead atoms. The van der Waals surface area contributed by atoms with Gasteiger partial charge in [-0.05, 0) is 40.8 Å². The summed E-state index contributed by atoms with van der Waals surface area (Å²) in [5.41, 5.74) is -0.0167. The van der Waals surface area contributed by atoms with Crippen molar-refractivity contribution in [1.29, 1.82) is 0 Å². The molecule has 3 heterocycles. The molecule has 0 aliphatic carbocycles. The molecule has 1 saturated heterocycles. The third kappa shape index (κ3) is 3.47. The SMILES string of the molecule is O=C(c1cc(Br)cs1)N1CCC(Cn2cnccc2=O)CC1. The number of thiophene rings is 1. The fourth-order valence-corrected chi connectivity index (χ4v) is 4.09. The molecule has 0 saturated carbocycles. The van der Waals surface area contributed by atoms with Crippen LogP contribution in [0.25, 0.3) is 0 Å². The van der Waals surface area contributed by atoms with Crippen LogP contribution in [0.4, 0.5) is 0 Å². The number of hydrogen-bond donors (Lipinski definition) is 0. The van der Waals surface area contributed by atoms with Gasteiger partial charge in [0.2, 0.25) is 0 Å². The second-order valence-electron chi connectivity index (χ2n) is 5.44. The summed E-state index contributed by atoms with van der Waals surface area (Å²) >= 11 is 4.84. The molecule has 0 spiro atoms. The van der Waals surface area contributed by atoms with Crippen molar-refractivity contribution < 1.29 is 4.79 Å². The largest absolute Gasteiger partial charge is 0.338 e. The van der Waals surface area contributed by atoms with Gasteiger partial charge in [0.1, 0.15) is 0 Å². The molecule has 0 aromatic carbocycles. The van der Waals surface area contributed by atoms with Crippen molar-refractivity contribution in [1.82, 2.24) is 14.5 Å². The minimum atomic E-state index is -0.0167. The molecule has 1 aliphatic rings. The lowest BCUT2D eigenvalue weighted by molar-refractivity contribution is 0.0687. The van der Waals surface area contributed by atoms with E-state index < -0.39 is 0 Å². The molecule has 0 atom stereocenters. The zero-order chi connectivity index (χ0) is 15.5. The highest BCUT2D eigenvalue weighted by molar-refractivity contribution is 9.10. The van der Waals surface area contributed by atoms with Crippen molar-refractivity contribution in [3.05, 3.63) is 49.7 Å². The van der Waals surface area contributed by atoms with Gasteiger partial charge >= 0.3 is 0 Å². The van der Waals surface area contributed by atoms with Gasteiger partial charge in [0.15, 0.2) is 0 Å². The van der Waals surface area contributed by atoms with E-state index in [0.717, 1.165) is 35.3 Å². The Morgan fingerprint density at radius 2 is 2.18 bits per heavy atom. The highest BCUT2D eigenvalue weighted by atomic mass is 79.9. The van der Waals surface area contributed by atoms with Crippen LogP contribution in [-0.2, 0) is 6.54 Å². The molecule has 1 fully saturated rings. The summed E-state index contributed by atoms with van der Waals surface area (Å²) in [5, 5.41) is 1.93. The maximum absolute atomic E-state index is 12.4. The molecule has 5 nitrogen and oxygen atoms in total. The summed E-state index contributed by atoms with van der Waals surface area (Å²) < 4.78 is 2.60. The number of likely N-dealkylation sites (tertiary alicyclic amines) is 1. The van der Waals surface area contributed by atoms with Crippen molar-refractivity contribution in [3.8, 4) is 0 Å². The van der Waals surface area contributed by atoms with Crippen molar-refractivity contribution >= 4 is 33.2 Å². The third-order valence-corrected chi connectivity index (χ3v) is 5.61. The van der Waals surface area contributed by atoms with E-state index in [-0.39, 0.29) is 11.5 Å². The Kier molecular flexibility index (Phi) is 4.73. The first kappa shape index (κ1) is 15.4. The first-order valence-corrected chi connectivity index (χ1v) is 8.84. The lowest BCUT2D eigenvalue weighted by atomic mass is 9.96. The number of carbonyl (C=O) groups is 1. The van der Waals surface area contributed by atoms with E-state index >= 15 is 0 Å². The van der Waals surface area contributed by atoms with Gasteiger partial charge in [-0.3, -0.25) is 14.2 Å². The molecule has 1 amide bonds. The first-order chi connectivity index (χ1) is 10.6. The quantitative estimate of drug-likeness (QED) is 0.820. The van der Waals surface area contributed by atoms with Crippen LogP contribution in [0.2, 0.25) is 0 Å². The topological polar surface area (TPSA) is 55.2 Å². The fraction of sp³-hybridized carbons (Fsp3) is 0.400. The number of halogens is 1. The molecule has 2 aromatic heterocycles. The van der Waals surface area contributed by atoms with Gasteiger partial charge in [-0.1, -0.05) is 0 Å².